The van der Waals surface area contributed by atoms with Gasteiger partial charge >= 0.3 is 0 Å². The molecule has 0 bridgehead atoms. The molecule has 2 atom stereocenters. The van der Waals surface area contributed by atoms with Crippen molar-refractivity contribution in [3.05, 3.63) is 29.8 Å². The van der Waals surface area contributed by atoms with Crippen LogP contribution >= 0.6 is 0 Å². The van der Waals surface area contributed by atoms with E-state index in [0.717, 1.165) is 5.75 Å². The first-order valence-corrected chi connectivity index (χ1v) is 6.77. The van der Waals surface area contributed by atoms with Crippen LogP contribution in [0.3, 0.4) is 0 Å². The number of nitrogens with two attached hydrogens (primary N) is 1. The van der Waals surface area contributed by atoms with E-state index in [1.54, 1.807) is 7.11 Å². The summed E-state index contributed by atoms with van der Waals surface area (Å²) >= 11 is 0. The van der Waals surface area contributed by atoms with E-state index in [2.05, 4.69) is 31.0 Å². The number of benzene rings is 1. The van der Waals surface area contributed by atoms with Gasteiger partial charge in [0.25, 0.3) is 0 Å². The van der Waals surface area contributed by atoms with Gasteiger partial charge < -0.3 is 15.2 Å². The summed E-state index contributed by atoms with van der Waals surface area (Å²) in [4.78, 5) is 2.24. The number of hydrogen-bond acceptors (Lipinski definition) is 4. The molecule has 1 aromatic carbocycles. The van der Waals surface area contributed by atoms with Gasteiger partial charge in [-0.05, 0) is 38.6 Å². The van der Waals surface area contributed by atoms with Crippen molar-refractivity contribution < 1.29 is 9.47 Å². The summed E-state index contributed by atoms with van der Waals surface area (Å²) < 4.78 is 10.8. The van der Waals surface area contributed by atoms with Crippen LogP contribution in [0.4, 0.5) is 0 Å². The Labute approximate surface area is 116 Å². The highest BCUT2D eigenvalue weighted by Crippen LogP contribution is 2.24. The van der Waals surface area contributed by atoms with Crippen LogP contribution in [-0.2, 0) is 4.74 Å². The third-order valence-corrected chi connectivity index (χ3v) is 3.37. The van der Waals surface area contributed by atoms with Gasteiger partial charge in [-0.1, -0.05) is 12.1 Å². The summed E-state index contributed by atoms with van der Waals surface area (Å²) in [6.45, 7) is 6.06. The fourth-order valence-corrected chi connectivity index (χ4v) is 2.18. The molecule has 0 aliphatic carbocycles. The lowest BCUT2D eigenvalue weighted by Crippen LogP contribution is -2.39. The Morgan fingerprint density at radius 1 is 1.37 bits per heavy atom. The van der Waals surface area contributed by atoms with Gasteiger partial charge in [0.1, 0.15) is 5.75 Å². The van der Waals surface area contributed by atoms with Gasteiger partial charge in [-0.15, -0.1) is 0 Å². The quantitative estimate of drug-likeness (QED) is 0.782. The van der Waals surface area contributed by atoms with Crippen LogP contribution < -0.4 is 10.5 Å². The summed E-state index contributed by atoms with van der Waals surface area (Å²) in [5, 5.41) is 0. The third-order valence-electron chi connectivity index (χ3n) is 3.37. The van der Waals surface area contributed by atoms with Crippen LogP contribution in [0.25, 0.3) is 0 Å². The lowest BCUT2D eigenvalue weighted by Gasteiger charge is -2.32. The zero-order valence-corrected chi connectivity index (χ0v) is 12.4. The predicted octanol–water partition coefficient (Wildman–Crippen LogP) is 2.05. The Morgan fingerprint density at radius 3 is 2.68 bits per heavy atom. The molecule has 0 heterocycles. The largest absolute Gasteiger partial charge is 0.494 e. The number of methoxy groups -OCH3 is 1. The second kappa shape index (κ2) is 8.15. The lowest BCUT2D eigenvalue weighted by molar-refractivity contribution is 0.0910. The average molecular weight is 266 g/mol. The third kappa shape index (κ3) is 4.49. The van der Waals surface area contributed by atoms with Crippen molar-refractivity contribution in [3.8, 4) is 5.75 Å². The van der Waals surface area contributed by atoms with Crippen molar-refractivity contribution in [2.45, 2.75) is 25.9 Å². The van der Waals surface area contributed by atoms with Crippen LogP contribution in [0.1, 0.15) is 25.5 Å². The van der Waals surface area contributed by atoms with Crippen molar-refractivity contribution in [3.63, 3.8) is 0 Å². The summed E-state index contributed by atoms with van der Waals surface area (Å²) in [6.07, 6.45) is 0. The molecule has 0 spiro atoms. The second-order valence-electron chi connectivity index (χ2n) is 4.73. The maximum absolute atomic E-state index is 5.94. The van der Waals surface area contributed by atoms with E-state index in [1.807, 2.05) is 19.1 Å². The number of hydrogen-bond donors (Lipinski definition) is 1. The van der Waals surface area contributed by atoms with Gasteiger partial charge in [0.05, 0.1) is 13.2 Å². The van der Waals surface area contributed by atoms with Gasteiger partial charge in [0.2, 0.25) is 0 Å². The summed E-state index contributed by atoms with van der Waals surface area (Å²) in [5.74, 6) is 0.895. The molecule has 19 heavy (non-hydrogen) atoms. The molecule has 2 N–H and O–H groups in total. The van der Waals surface area contributed by atoms with Gasteiger partial charge in [-0.25, -0.2) is 0 Å². The first-order chi connectivity index (χ1) is 9.13. The normalized spacial score (nSPS) is 14.4. The van der Waals surface area contributed by atoms with Gasteiger partial charge in [-0.3, -0.25) is 4.90 Å². The van der Waals surface area contributed by atoms with Crippen LogP contribution in [0, 0.1) is 0 Å². The van der Waals surface area contributed by atoms with Crippen LogP contribution in [0.2, 0.25) is 0 Å². The highest BCUT2D eigenvalue weighted by molar-refractivity contribution is 5.31. The van der Waals surface area contributed by atoms with E-state index in [1.165, 1.54) is 5.56 Å². The molecule has 0 radical (unpaired) electrons. The maximum atomic E-state index is 5.94. The van der Waals surface area contributed by atoms with Crippen LogP contribution in [0.5, 0.6) is 5.75 Å². The van der Waals surface area contributed by atoms with Crippen molar-refractivity contribution in [2.75, 3.05) is 33.9 Å². The monoisotopic (exact) mass is 266 g/mol. The molecule has 0 saturated carbocycles. The molecule has 0 saturated heterocycles. The molecular weight excluding hydrogens is 240 g/mol. The van der Waals surface area contributed by atoms with Gasteiger partial charge in [0, 0.05) is 25.7 Å². The van der Waals surface area contributed by atoms with Crippen molar-refractivity contribution in [1.29, 1.82) is 0 Å². The second-order valence-corrected chi connectivity index (χ2v) is 4.73. The summed E-state index contributed by atoms with van der Waals surface area (Å²) in [5.41, 5.74) is 7.12. The molecule has 0 aromatic heterocycles. The smallest absolute Gasteiger partial charge is 0.119 e. The fourth-order valence-electron chi connectivity index (χ4n) is 2.18. The SMILES string of the molecule is CCOc1cccc(C(CN)N(C)C(C)COC)c1. The Kier molecular flexibility index (Phi) is 6.84. The van der Waals surface area contributed by atoms with E-state index in [4.69, 9.17) is 15.2 Å². The van der Waals surface area contributed by atoms with Crippen molar-refractivity contribution >= 4 is 0 Å². The highest BCUT2D eigenvalue weighted by atomic mass is 16.5. The molecule has 0 aliphatic heterocycles. The number of likely N-dealkylation sites (N-methyl/N-ethyl adjacent to an activating group) is 1. The topological polar surface area (TPSA) is 47.7 Å². The molecule has 1 rings (SSSR count). The Morgan fingerprint density at radius 2 is 2.11 bits per heavy atom. The molecule has 0 fully saturated rings. The lowest BCUT2D eigenvalue weighted by atomic mass is 10.0. The molecule has 4 nitrogen and oxygen atoms in total. The molecule has 1 aromatic rings. The Hall–Kier alpha value is -1.10. The zero-order valence-electron chi connectivity index (χ0n) is 12.4. The first kappa shape index (κ1) is 16.0. The molecule has 2 unspecified atom stereocenters. The van der Waals surface area contributed by atoms with Crippen molar-refractivity contribution in [1.82, 2.24) is 4.90 Å². The van der Waals surface area contributed by atoms with Crippen molar-refractivity contribution in [2.24, 2.45) is 5.73 Å². The molecule has 108 valence electrons. The molecule has 0 aliphatic rings. The van der Waals surface area contributed by atoms with Gasteiger partial charge in [-0.2, -0.15) is 0 Å². The van der Waals surface area contributed by atoms with Gasteiger partial charge in [0.15, 0.2) is 0 Å². The van der Waals surface area contributed by atoms with E-state index < -0.39 is 0 Å². The van der Waals surface area contributed by atoms with E-state index in [-0.39, 0.29) is 6.04 Å². The predicted molar refractivity (Wildman–Crippen MR) is 78.5 cm³/mol. The van der Waals surface area contributed by atoms with E-state index in [0.29, 0.717) is 25.8 Å². The number of ether oxygens (including phenoxy) is 2. The van der Waals surface area contributed by atoms with Crippen LogP contribution in [0.15, 0.2) is 24.3 Å². The number of rotatable bonds is 8. The maximum Gasteiger partial charge on any atom is 0.119 e. The number of nitrogens with zero attached hydrogens (tertiary/aromatic N) is 1. The summed E-state index contributed by atoms with van der Waals surface area (Å²) in [6, 6.07) is 8.63. The molecule has 4 heteroatoms. The molecular formula is C15H26N2O2. The minimum absolute atomic E-state index is 0.172. The zero-order chi connectivity index (χ0) is 14.3. The Balaban J connectivity index is 2.86. The Bertz CT molecular complexity index is 371. The average Bonchev–Trinajstić information content (AvgIpc) is 2.40. The fraction of sp³-hybridized carbons (Fsp3) is 0.600. The molecule has 0 amide bonds. The summed E-state index contributed by atoms with van der Waals surface area (Å²) in [7, 11) is 3.80. The minimum atomic E-state index is 0.172. The minimum Gasteiger partial charge on any atom is -0.494 e. The standard InChI is InChI=1S/C15H26N2O2/c1-5-19-14-8-6-7-13(9-14)15(10-16)17(3)12(2)11-18-4/h6-9,12,15H,5,10-11,16H2,1-4H3. The van der Waals surface area contributed by atoms with Crippen LogP contribution in [-0.4, -0.2) is 44.9 Å². The van der Waals surface area contributed by atoms with E-state index >= 15 is 0 Å². The highest BCUT2D eigenvalue weighted by Gasteiger charge is 2.20. The first-order valence-electron chi connectivity index (χ1n) is 6.77. The van der Waals surface area contributed by atoms with E-state index in [9.17, 15) is 0 Å².